The summed E-state index contributed by atoms with van der Waals surface area (Å²) < 4.78 is 25.7. The van der Waals surface area contributed by atoms with Gasteiger partial charge in [0.2, 0.25) is 16.9 Å². The monoisotopic (exact) mass is 372 g/mol. The van der Waals surface area contributed by atoms with E-state index < -0.39 is 17.4 Å². The Labute approximate surface area is 153 Å². The summed E-state index contributed by atoms with van der Waals surface area (Å²) in [5, 5.41) is 0.217. The first-order valence-electron chi connectivity index (χ1n) is 8.00. The summed E-state index contributed by atoms with van der Waals surface area (Å²) in [6, 6.07) is 7.33. The van der Waals surface area contributed by atoms with Crippen LogP contribution in [0.15, 0.2) is 44.0 Å². The number of hydrogen-bond donors (Lipinski definition) is 0. The molecule has 8 nitrogen and oxygen atoms in total. The summed E-state index contributed by atoms with van der Waals surface area (Å²) in [4.78, 5) is 37.0. The zero-order valence-corrected chi connectivity index (χ0v) is 14.9. The number of fused-ring (bicyclic) bond motifs is 1. The van der Waals surface area contributed by atoms with Crippen molar-refractivity contribution in [2.24, 2.45) is 0 Å². The van der Waals surface area contributed by atoms with E-state index >= 15 is 0 Å². The molecule has 2 aromatic heterocycles. The fraction of sp³-hybridized carbons (Fsp3) is 0.211. The molecule has 8 heteroatoms. The number of methoxy groups -OCH3 is 2. The van der Waals surface area contributed by atoms with E-state index in [9.17, 15) is 14.4 Å². The van der Waals surface area contributed by atoms with Crippen molar-refractivity contribution in [2.45, 2.75) is 6.92 Å². The van der Waals surface area contributed by atoms with Crippen LogP contribution in [-0.2, 0) is 9.47 Å². The molecular formula is C19H16O8. The zero-order chi connectivity index (χ0) is 19.6. The first kappa shape index (κ1) is 18.2. The van der Waals surface area contributed by atoms with Gasteiger partial charge in [-0.2, -0.15) is 0 Å². The average molecular weight is 372 g/mol. The maximum atomic E-state index is 13.0. The number of hydrogen-bond acceptors (Lipinski definition) is 8. The molecule has 3 aromatic rings. The molecule has 3 rings (SSSR count). The number of carbonyl (C=O) groups excluding carboxylic acids is 2. The molecule has 0 radical (unpaired) electrons. The smallest absolute Gasteiger partial charge is 0.375 e. The maximum Gasteiger partial charge on any atom is 0.375 e. The fourth-order valence-corrected chi connectivity index (χ4v) is 2.55. The third-order valence-corrected chi connectivity index (χ3v) is 3.80. The fourth-order valence-electron chi connectivity index (χ4n) is 2.55. The molecular weight excluding hydrogens is 356 g/mol. The Bertz CT molecular complexity index is 1070. The topological polar surface area (TPSA) is 105 Å². The van der Waals surface area contributed by atoms with Crippen molar-refractivity contribution in [1.29, 1.82) is 0 Å². The highest BCUT2D eigenvalue weighted by Gasteiger charge is 2.26. The van der Waals surface area contributed by atoms with Gasteiger partial charge in [-0.1, -0.05) is 0 Å². The van der Waals surface area contributed by atoms with E-state index in [-0.39, 0.29) is 40.4 Å². The third kappa shape index (κ3) is 3.29. The molecule has 0 unspecified atom stereocenters. The normalized spacial score (nSPS) is 10.6. The van der Waals surface area contributed by atoms with Crippen LogP contribution in [0, 0.1) is 0 Å². The van der Waals surface area contributed by atoms with Gasteiger partial charge in [0.1, 0.15) is 22.7 Å². The van der Waals surface area contributed by atoms with Crippen molar-refractivity contribution in [3.63, 3.8) is 0 Å². The minimum atomic E-state index is -0.828. The van der Waals surface area contributed by atoms with Crippen molar-refractivity contribution >= 4 is 22.9 Å². The summed E-state index contributed by atoms with van der Waals surface area (Å²) in [6.07, 6.45) is 0. The Morgan fingerprint density at radius 3 is 2.48 bits per heavy atom. The van der Waals surface area contributed by atoms with E-state index in [4.69, 9.17) is 18.3 Å². The lowest BCUT2D eigenvalue weighted by atomic mass is 10.1. The van der Waals surface area contributed by atoms with Gasteiger partial charge in [-0.3, -0.25) is 4.79 Å². The second-order valence-corrected chi connectivity index (χ2v) is 5.37. The van der Waals surface area contributed by atoms with E-state index in [0.717, 1.165) is 0 Å². The third-order valence-electron chi connectivity index (χ3n) is 3.80. The molecule has 0 aliphatic heterocycles. The van der Waals surface area contributed by atoms with Crippen LogP contribution in [-0.4, -0.2) is 32.8 Å². The van der Waals surface area contributed by atoms with Crippen LogP contribution in [0.1, 0.15) is 28.0 Å². The predicted molar refractivity (Wildman–Crippen MR) is 94.0 cm³/mol. The zero-order valence-electron chi connectivity index (χ0n) is 14.9. The average Bonchev–Trinajstić information content (AvgIpc) is 3.16. The van der Waals surface area contributed by atoms with Gasteiger partial charge in [0.15, 0.2) is 0 Å². The number of furan rings is 1. The highest BCUT2D eigenvalue weighted by atomic mass is 16.5. The molecule has 0 aliphatic carbocycles. The van der Waals surface area contributed by atoms with Crippen LogP contribution in [0.5, 0.6) is 5.75 Å². The molecule has 27 heavy (non-hydrogen) atoms. The number of benzene rings is 1. The van der Waals surface area contributed by atoms with Crippen LogP contribution in [0.2, 0.25) is 0 Å². The van der Waals surface area contributed by atoms with Crippen LogP contribution in [0.25, 0.3) is 22.3 Å². The summed E-state index contributed by atoms with van der Waals surface area (Å²) in [7, 11) is 2.67. The molecule has 1 aromatic carbocycles. The van der Waals surface area contributed by atoms with Crippen molar-refractivity contribution in [1.82, 2.24) is 0 Å². The molecule has 0 amide bonds. The molecule has 0 spiro atoms. The highest BCUT2D eigenvalue weighted by molar-refractivity contribution is 5.97. The summed E-state index contributed by atoms with van der Waals surface area (Å²) in [5.74, 6) is -1.53. The van der Waals surface area contributed by atoms with Gasteiger partial charge in [0.25, 0.3) is 0 Å². The van der Waals surface area contributed by atoms with Gasteiger partial charge in [-0.05, 0) is 31.2 Å². The summed E-state index contributed by atoms with van der Waals surface area (Å²) >= 11 is 0. The van der Waals surface area contributed by atoms with Crippen LogP contribution >= 0.6 is 0 Å². The molecule has 0 atom stereocenters. The number of rotatable bonds is 5. The minimum Gasteiger partial charge on any atom is -0.497 e. The van der Waals surface area contributed by atoms with E-state index in [2.05, 4.69) is 4.74 Å². The van der Waals surface area contributed by atoms with E-state index in [1.165, 1.54) is 38.5 Å². The Morgan fingerprint density at radius 1 is 1.04 bits per heavy atom. The van der Waals surface area contributed by atoms with Gasteiger partial charge >= 0.3 is 11.9 Å². The number of esters is 2. The standard InChI is InChI=1S/C19H16O8/c1-4-25-19(22)17-15(12-7-8-13(26-12)18(21)24-3)16(20)11-6-5-10(23-2)9-14(11)27-17/h5-9H,4H2,1-3H3. The molecule has 0 bridgehead atoms. The first-order valence-corrected chi connectivity index (χ1v) is 8.00. The maximum absolute atomic E-state index is 13.0. The molecule has 0 fully saturated rings. The molecule has 0 saturated carbocycles. The Kier molecular flexibility index (Phi) is 4.98. The Hall–Kier alpha value is -3.55. The number of ether oxygens (including phenoxy) is 3. The van der Waals surface area contributed by atoms with Crippen molar-refractivity contribution in [2.75, 3.05) is 20.8 Å². The predicted octanol–water partition coefficient (Wildman–Crippen LogP) is 3.02. The van der Waals surface area contributed by atoms with Gasteiger partial charge in [-0.15, -0.1) is 0 Å². The van der Waals surface area contributed by atoms with Gasteiger partial charge < -0.3 is 23.0 Å². The molecule has 2 heterocycles. The Morgan fingerprint density at radius 2 is 1.81 bits per heavy atom. The van der Waals surface area contributed by atoms with Crippen molar-refractivity contribution < 1.29 is 32.6 Å². The summed E-state index contributed by atoms with van der Waals surface area (Å²) in [5.41, 5.74) is -0.486. The van der Waals surface area contributed by atoms with Crippen LogP contribution in [0.4, 0.5) is 0 Å². The number of carbonyl (C=O) groups is 2. The van der Waals surface area contributed by atoms with Crippen LogP contribution < -0.4 is 10.2 Å². The second kappa shape index (κ2) is 7.36. The van der Waals surface area contributed by atoms with Gasteiger partial charge in [0.05, 0.1) is 26.2 Å². The minimum absolute atomic E-state index is 0.00933. The molecule has 140 valence electrons. The van der Waals surface area contributed by atoms with E-state index in [0.29, 0.717) is 5.75 Å². The van der Waals surface area contributed by atoms with Crippen LogP contribution in [0.3, 0.4) is 0 Å². The highest BCUT2D eigenvalue weighted by Crippen LogP contribution is 2.29. The van der Waals surface area contributed by atoms with Gasteiger partial charge in [0, 0.05) is 6.07 Å². The quantitative estimate of drug-likeness (QED) is 0.629. The molecule has 0 saturated heterocycles. The first-order chi connectivity index (χ1) is 13.0. The van der Waals surface area contributed by atoms with Gasteiger partial charge in [-0.25, -0.2) is 9.59 Å². The Balaban J connectivity index is 2.28. The van der Waals surface area contributed by atoms with Crippen molar-refractivity contribution in [3.05, 3.63) is 52.1 Å². The summed E-state index contributed by atoms with van der Waals surface area (Å²) in [6.45, 7) is 1.71. The molecule has 0 aliphatic rings. The second-order valence-electron chi connectivity index (χ2n) is 5.37. The lowest BCUT2D eigenvalue weighted by molar-refractivity contribution is 0.0491. The SMILES string of the molecule is CCOC(=O)c1oc2cc(OC)ccc2c(=O)c1-c1ccc(C(=O)OC)o1. The van der Waals surface area contributed by atoms with E-state index in [1.54, 1.807) is 13.0 Å². The van der Waals surface area contributed by atoms with Crippen molar-refractivity contribution in [3.8, 4) is 17.1 Å². The lowest BCUT2D eigenvalue weighted by Gasteiger charge is -2.08. The van der Waals surface area contributed by atoms with E-state index in [1.807, 2.05) is 0 Å². The largest absolute Gasteiger partial charge is 0.497 e. The lowest BCUT2D eigenvalue weighted by Crippen LogP contribution is -2.14. The molecule has 0 N–H and O–H groups in total.